The molecule has 1 fully saturated rings. The molecule has 0 N–H and O–H groups in total. The molecule has 0 aromatic carbocycles. The fraction of sp³-hybridized carbons (Fsp3) is 0.680. The first kappa shape index (κ1) is 27.3. The first-order valence-electron chi connectivity index (χ1n) is 12.1. The summed E-state index contributed by atoms with van der Waals surface area (Å²) in [6.07, 6.45) is -12.2. The van der Waals surface area contributed by atoms with Crippen LogP contribution in [-0.2, 0) is 14.2 Å². The van der Waals surface area contributed by atoms with Gasteiger partial charge in [0.2, 0.25) is 0 Å². The molecule has 0 radical (unpaired) electrons. The van der Waals surface area contributed by atoms with Gasteiger partial charge >= 0.3 is 6.11 Å². The molecule has 4 rings (SSSR count). The average molecular weight is 528 g/mol. The monoisotopic (exact) mass is 528 g/mol. The number of hydrogen-bond acceptors (Lipinski definition) is 3. The lowest BCUT2D eigenvalue weighted by Gasteiger charge is -2.35. The van der Waals surface area contributed by atoms with Crippen LogP contribution in [0.2, 0.25) is 0 Å². The van der Waals surface area contributed by atoms with Crippen LogP contribution in [-0.4, -0.2) is 50.2 Å². The van der Waals surface area contributed by atoms with Gasteiger partial charge in [0.15, 0.2) is 12.5 Å². The Balaban J connectivity index is 1.44. The van der Waals surface area contributed by atoms with E-state index >= 15 is 0 Å². The fourth-order valence-electron chi connectivity index (χ4n) is 5.07. The molecule has 6 unspecified atom stereocenters. The zero-order valence-corrected chi connectivity index (χ0v) is 19.5. The van der Waals surface area contributed by atoms with Gasteiger partial charge < -0.3 is 14.2 Å². The van der Waals surface area contributed by atoms with Crippen LogP contribution in [0, 0.1) is 17.8 Å². The van der Waals surface area contributed by atoms with E-state index in [1.807, 2.05) is 6.92 Å². The summed E-state index contributed by atoms with van der Waals surface area (Å²) in [6.45, 7) is 2.57. The number of halogens is 8. The molecule has 0 spiro atoms. The molecule has 0 bridgehead atoms. The normalized spacial score (nSPS) is 38.4. The summed E-state index contributed by atoms with van der Waals surface area (Å²) < 4.78 is 130. The van der Waals surface area contributed by atoms with E-state index in [4.69, 9.17) is 9.47 Å². The van der Waals surface area contributed by atoms with Gasteiger partial charge in [-0.05, 0) is 55.4 Å². The van der Waals surface area contributed by atoms with Gasteiger partial charge in [-0.3, -0.25) is 0 Å². The number of hydrogen-bond donors (Lipinski definition) is 0. The molecule has 0 aromatic rings. The number of rotatable bonds is 6. The zero-order valence-electron chi connectivity index (χ0n) is 19.5. The van der Waals surface area contributed by atoms with E-state index in [1.165, 1.54) is 0 Å². The quantitative estimate of drug-likeness (QED) is 0.345. The Morgan fingerprint density at radius 3 is 2.28 bits per heavy atom. The van der Waals surface area contributed by atoms with Crippen molar-refractivity contribution in [2.24, 2.45) is 17.8 Å². The Morgan fingerprint density at radius 2 is 1.69 bits per heavy atom. The molecular weight excluding hydrogens is 500 g/mol. The first-order valence-corrected chi connectivity index (χ1v) is 12.1. The Bertz CT molecular complexity index is 938. The van der Waals surface area contributed by atoms with Gasteiger partial charge in [0.1, 0.15) is 29.8 Å². The molecule has 3 nitrogen and oxygen atoms in total. The van der Waals surface area contributed by atoms with Gasteiger partial charge in [0.25, 0.3) is 0 Å². The highest BCUT2D eigenvalue weighted by atomic mass is 19.3. The summed E-state index contributed by atoms with van der Waals surface area (Å²) in [6, 6.07) is 0. The average Bonchev–Trinajstić information content (AvgIpc) is 2.81. The zero-order chi connectivity index (χ0) is 26.2. The summed E-state index contributed by atoms with van der Waals surface area (Å²) in [7, 11) is 0. The maximum atomic E-state index is 14.8. The van der Waals surface area contributed by atoms with Crippen LogP contribution >= 0.6 is 0 Å². The van der Waals surface area contributed by atoms with Crippen LogP contribution in [0.4, 0.5) is 35.1 Å². The smallest absolute Gasteiger partial charge is 0.348 e. The third kappa shape index (κ3) is 5.72. The van der Waals surface area contributed by atoms with Gasteiger partial charge in [-0.25, -0.2) is 26.3 Å². The van der Waals surface area contributed by atoms with E-state index in [9.17, 15) is 35.1 Å². The molecular formula is C25H28F8O3. The van der Waals surface area contributed by atoms with E-state index in [0.29, 0.717) is 19.3 Å². The third-order valence-electron chi connectivity index (χ3n) is 7.19. The fourth-order valence-corrected chi connectivity index (χ4v) is 5.07. The predicted octanol–water partition coefficient (Wildman–Crippen LogP) is 7.07. The second-order valence-electron chi connectivity index (χ2n) is 9.70. The van der Waals surface area contributed by atoms with Gasteiger partial charge in [0.05, 0.1) is 24.9 Å². The number of ether oxygens (including phenoxy) is 3. The molecule has 6 atom stereocenters. The highest BCUT2D eigenvalue weighted by molar-refractivity contribution is 5.36. The first-order chi connectivity index (χ1) is 17.0. The molecule has 4 aliphatic rings. The molecule has 36 heavy (non-hydrogen) atoms. The standard InChI is InChI=1S/C25H28F8O3/c1-2-12-10-34-24(35-11-12)14-7-18(27)22(19(28)8-14)25(32,33)36-15-3-4-16(17(26)9-15)13-5-20(29)23(31)21(30)6-13/h5,7,9,12-13,15-16,19,21,23-24H,2-4,6,8,10-11H2,1H3. The lowest BCUT2D eigenvalue weighted by Crippen LogP contribution is -2.39. The highest BCUT2D eigenvalue weighted by Gasteiger charge is 2.48. The molecule has 3 aliphatic carbocycles. The minimum Gasteiger partial charge on any atom is -0.348 e. The maximum Gasteiger partial charge on any atom is 0.385 e. The van der Waals surface area contributed by atoms with Crippen LogP contribution in [0.25, 0.3) is 0 Å². The van der Waals surface area contributed by atoms with Crippen molar-refractivity contribution >= 4 is 0 Å². The molecule has 11 heteroatoms. The van der Waals surface area contributed by atoms with Crippen molar-refractivity contribution in [3.63, 3.8) is 0 Å². The van der Waals surface area contributed by atoms with Crippen molar-refractivity contribution in [1.82, 2.24) is 0 Å². The summed E-state index contributed by atoms with van der Waals surface area (Å²) in [4.78, 5) is 0. The number of allylic oxidation sites excluding steroid dienone is 5. The van der Waals surface area contributed by atoms with Gasteiger partial charge in [0, 0.05) is 18.3 Å². The van der Waals surface area contributed by atoms with Crippen LogP contribution in [0.1, 0.15) is 39.0 Å². The van der Waals surface area contributed by atoms with Gasteiger partial charge in [-0.2, -0.15) is 8.78 Å². The summed E-state index contributed by atoms with van der Waals surface area (Å²) in [5.74, 6) is -5.69. The van der Waals surface area contributed by atoms with E-state index in [-0.39, 0.29) is 24.3 Å². The Labute approximate surface area is 203 Å². The third-order valence-corrected chi connectivity index (χ3v) is 7.19. The second-order valence-corrected chi connectivity index (χ2v) is 9.70. The number of alkyl halides is 5. The van der Waals surface area contributed by atoms with Crippen LogP contribution in [0.3, 0.4) is 0 Å². The lowest BCUT2D eigenvalue weighted by atomic mass is 9.77. The highest BCUT2D eigenvalue weighted by Crippen LogP contribution is 2.44. The lowest BCUT2D eigenvalue weighted by molar-refractivity contribution is -0.235. The maximum absolute atomic E-state index is 14.8. The van der Waals surface area contributed by atoms with Crippen molar-refractivity contribution < 1.29 is 49.3 Å². The Kier molecular flexibility index (Phi) is 8.31. The second kappa shape index (κ2) is 10.9. The SMILES string of the molecule is CCC1COC(C2=CC(F)=C(C(F)(F)OC3C=C(F)C(C4C=C(F)C(F)C(F)C4)CC3)C(F)C2)OC1. The van der Waals surface area contributed by atoms with Crippen LogP contribution in [0.5, 0.6) is 0 Å². The Hall–Kier alpha value is -1.72. The van der Waals surface area contributed by atoms with Crippen molar-refractivity contribution in [3.8, 4) is 0 Å². The molecule has 1 saturated heterocycles. The van der Waals surface area contributed by atoms with Crippen molar-refractivity contribution in [2.75, 3.05) is 13.2 Å². The molecule has 202 valence electrons. The molecule has 0 saturated carbocycles. The molecule has 0 aromatic heterocycles. The largest absolute Gasteiger partial charge is 0.385 e. The summed E-state index contributed by atoms with van der Waals surface area (Å²) in [5.41, 5.74) is -1.45. The minimum atomic E-state index is -4.39. The minimum absolute atomic E-state index is 0.0509. The van der Waals surface area contributed by atoms with E-state index in [0.717, 1.165) is 18.6 Å². The summed E-state index contributed by atoms with van der Waals surface area (Å²) >= 11 is 0. The van der Waals surface area contributed by atoms with E-state index in [1.54, 1.807) is 0 Å². The van der Waals surface area contributed by atoms with Crippen molar-refractivity contribution in [2.45, 2.75) is 76.0 Å². The molecule has 1 aliphatic heterocycles. The van der Waals surface area contributed by atoms with E-state index < -0.39 is 84.7 Å². The Morgan fingerprint density at radius 1 is 1.00 bits per heavy atom. The van der Waals surface area contributed by atoms with Crippen LogP contribution in [0.15, 0.2) is 46.9 Å². The predicted molar refractivity (Wildman–Crippen MR) is 114 cm³/mol. The van der Waals surface area contributed by atoms with Crippen LogP contribution < -0.4 is 0 Å². The van der Waals surface area contributed by atoms with Crippen molar-refractivity contribution in [3.05, 3.63) is 46.9 Å². The van der Waals surface area contributed by atoms with Crippen molar-refractivity contribution in [1.29, 1.82) is 0 Å². The molecule has 0 amide bonds. The van der Waals surface area contributed by atoms with E-state index in [2.05, 4.69) is 4.74 Å². The summed E-state index contributed by atoms with van der Waals surface area (Å²) in [5, 5.41) is 0. The van der Waals surface area contributed by atoms with Gasteiger partial charge in [-0.1, -0.05) is 6.92 Å². The topological polar surface area (TPSA) is 27.7 Å². The molecule has 1 heterocycles. The van der Waals surface area contributed by atoms with Gasteiger partial charge in [-0.15, -0.1) is 0 Å².